The molecular formula is C5H9ClFNO. The summed E-state index contributed by atoms with van der Waals surface area (Å²) in [7, 11) is 0. The fourth-order valence-electron chi connectivity index (χ4n) is 0.711. The number of hydrogen-bond donors (Lipinski definition) is 1. The molecule has 2 nitrogen and oxygen atoms in total. The molecule has 9 heavy (non-hydrogen) atoms. The number of carbonyl (C=O) groups is 1. The molecule has 0 spiro atoms. The minimum Gasteiger partial charge on any atom is -0.313 e. The van der Waals surface area contributed by atoms with Gasteiger partial charge in [0.1, 0.15) is 0 Å². The molecule has 1 saturated heterocycles. The van der Waals surface area contributed by atoms with Gasteiger partial charge in [-0.15, -0.1) is 12.4 Å². The number of carbonyl (C=O) groups excluding carboxylic acids is 1. The van der Waals surface area contributed by atoms with E-state index in [9.17, 15) is 9.18 Å². The third kappa shape index (κ3) is 2.28. The van der Waals surface area contributed by atoms with Crippen molar-refractivity contribution in [1.29, 1.82) is 0 Å². The van der Waals surface area contributed by atoms with Crippen LogP contribution in [0.5, 0.6) is 0 Å². The average molecular weight is 154 g/mol. The first kappa shape index (κ1) is 8.85. The minimum atomic E-state index is -1.25. The zero-order valence-electron chi connectivity index (χ0n) is 4.89. The number of Topliss-reactive ketones (excluding diaryl/α,β-unsaturated/α-hetero) is 1. The lowest BCUT2D eigenvalue weighted by molar-refractivity contribution is -0.124. The predicted molar refractivity (Wildman–Crippen MR) is 34.6 cm³/mol. The lowest BCUT2D eigenvalue weighted by Crippen LogP contribution is -2.38. The lowest BCUT2D eigenvalue weighted by atomic mass is 10.1. The van der Waals surface area contributed by atoms with Crippen LogP contribution in [0.1, 0.15) is 6.42 Å². The Bertz CT molecular complexity index is 109. The Kier molecular flexibility index (Phi) is 3.73. The molecule has 0 aromatic rings. The molecule has 1 rings (SSSR count). The third-order valence-electron chi connectivity index (χ3n) is 1.22. The normalized spacial score (nSPS) is 27.2. The molecule has 1 atom stereocenters. The monoisotopic (exact) mass is 153 g/mol. The van der Waals surface area contributed by atoms with Crippen LogP contribution < -0.4 is 5.32 Å². The van der Waals surface area contributed by atoms with Crippen LogP contribution in [-0.2, 0) is 4.79 Å². The Hall–Kier alpha value is -0.150. The SMILES string of the molecule is Cl.O=C1CCNC[C@H]1F. The summed E-state index contributed by atoms with van der Waals surface area (Å²) in [6, 6.07) is 0. The number of piperidine rings is 1. The maximum absolute atomic E-state index is 12.2. The summed E-state index contributed by atoms with van der Waals surface area (Å²) in [4.78, 5) is 10.4. The molecule has 0 aliphatic carbocycles. The molecule has 0 unspecified atom stereocenters. The molecule has 0 bridgehead atoms. The van der Waals surface area contributed by atoms with Crippen LogP contribution in [-0.4, -0.2) is 25.0 Å². The Morgan fingerprint density at radius 2 is 2.33 bits per heavy atom. The molecule has 0 radical (unpaired) electrons. The highest BCUT2D eigenvalue weighted by Gasteiger charge is 2.19. The van der Waals surface area contributed by atoms with Gasteiger partial charge in [0.25, 0.3) is 0 Å². The number of ketones is 1. The molecule has 1 N–H and O–H groups in total. The van der Waals surface area contributed by atoms with Crippen molar-refractivity contribution < 1.29 is 9.18 Å². The smallest absolute Gasteiger partial charge is 0.170 e. The van der Waals surface area contributed by atoms with Crippen LogP contribution in [0.4, 0.5) is 4.39 Å². The summed E-state index contributed by atoms with van der Waals surface area (Å²) in [5.41, 5.74) is 0. The molecular weight excluding hydrogens is 145 g/mol. The largest absolute Gasteiger partial charge is 0.313 e. The van der Waals surface area contributed by atoms with Crippen LogP contribution in [0, 0.1) is 0 Å². The Morgan fingerprint density at radius 3 is 2.67 bits per heavy atom. The van der Waals surface area contributed by atoms with E-state index >= 15 is 0 Å². The summed E-state index contributed by atoms with van der Waals surface area (Å²) in [5.74, 6) is -0.260. The van der Waals surface area contributed by atoms with Crippen molar-refractivity contribution in [2.24, 2.45) is 0 Å². The maximum Gasteiger partial charge on any atom is 0.170 e. The second-order valence-electron chi connectivity index (χ2n) is 1.89. The molecule has 0 aromatic heterocycles. The Labute approximate surface area is 59.2 Å². The number of nitrogens with one attached hydrogen (secondary N) is 1. The number of rotatable bonds is 0. The third-order valence-corrected chi connectivity index (χ3v) is 1.22. The van der Waals surface area contributed by atoms with Gasteiger partial charge in [-0.3, -0.25) is 4.79 Å². The summed E-state index contributed by atoms with van der Waals surface area (Å²) in [5, 5.41) is 2.77. The van der Waals surface area contributed by atoms with E-state index in [1.807, 2.05) is 0 Å². The van der Waals surface area contributed by atoms with Crippen LogP contribution >= 0.6 is 12.4 Å². The van der Waals surface area contributed by atoms with Crippen molar-refractivity contribution in [3.8, 4) is 0 Å². The van der Waals surface area contributed by atoms with Gasteiger partial charge < -0.3 is 5.32 Å². The number of halogens is 2. The highest BCUT2D eigenvalue weighted by Crippen LogP contribution is 1.99. The quantitative estimate of drug-likeness (QED) is 0.543. The molecule has 0 amide bonds. The minimum absolute atomic E-state index is 0. The van der Waals surface area contributed by atoms with E-state index < -0.39 is 6.17 Å². The van der Waals surface area contributed by atoms with Gasteiger partial charge >= 0.3 is 0 Å². The predicted octanol–water partition coefficient (Wildman–Crippen LogP) is 0.309. The second-order valence-corrected chi connectivity index (χ2v) is 1.89. The van der Waals surface area contributed by atoms with Crippen LogP contribution in [0.25, 0.3) is 0 Å². The van der Waals surface area contributed by atoms with Gasteiger partial charge in [0.15, 0.2) is 12.0 Å². The van der Waals surface area contributed by atoms with E-state index in [4.69, 9.17) is 0 Å². The first-order chi connectivity index (χ1) is 3.80. The molecule has 1 heterocycles. The second kappa shape index (κ2) is 3.80. The topological polar surface area (TPSA) is 29.1 Å². The van der Waals surface area contributed by atoms with Gasteiger partial charge in [0.05, 0.1) is 0 Å². The summed E-state index contributed by atoms with van der Waals surface area (Å²) >= 11 is 0. The first-order valence-electron chi connectivity index (χ1n) is 2.68. The van der Waals surface area contributed by atoms with Crippen molar-refractivity contribution in [2.75, 3.05) is 13.1 Å². The fourth-order valence-corrected chi connectivity index (χ4v) is 0.711. The molecule has 1 aliphatic heterocycles. The zero-order chi connectivity index (χ0) is 5.98. The van der Waals surface area contributed by atoms with Crippen molar-refractivity contribution in [1.82, 2.24) is 5.32 Å². The number of hydrogen-bond acceptors (Lipinski definition) is 2. The summed E-state index contributed by atoms with van der Waals surface area (Å²) in [6.07, 6.45) is -0.898. The van der Waals surface area contributed by atoms with Gasteiger partial charge in [-0.2, -0.15) is 0 Å². The van der Waals surface area contributed by atoms with E-state index in [2.05, 4.69) is 5.32 Å². The molecule has 1 fully saturated rings. The van der Waals surface area contributed by atoms with Crippen molar-refractivity contribution >= 4 is 18.2 Å². The van der Waals surface area contributed by atoms with Crippen LogP contribution in [0.3, 0.4) is 0 Å². The van der Waals surface area contributed by atoms with Crippen molar-refractivity contribution in [3.05, 3.63) is 0 Å². The first-order valence-corrected chi connectivity index (χ1v) is 2.68. The summed E-state index contributed by atoms with van der Waals surface area (Å²) in [6.45, 7) is 0.845. The van der Waals surface area contributed by atoms with Gasteiger partial charge in [-0.05, 0) is 0 Å². The van der Waals surface area contributed by atoms with E-state index in [0.717, 1.165) is 0 Å². The van der Waals surface area contributed by atoms with Gasteiger partial charge in [0.2, 0.25) is 0 Å². The van der Waals surface area contributed by atoms with Crippen molar-refractivity contribution in [2.45, 2.75) is 12.6 Å². The molecule has 4 heteroatoms. The molecule has 1 aliphatic rings. The van der Waals surface area contributed by atoms with E-state index in [0.29, 0.717) is 13.0 Å². The van der Waals surface area contributed by atoms with Gasteiger partial charge in [0, 0.05) is 19.5 Å². The molecule has 0 aromatic carbocycles. The van der Waals surface area contributed by atoms with Gasteiger partial charge in [-0.1, -0.05) is 0 Å². The highest BCUT2D eigenvalue weighted by atomic mass is 35.5. The van der Waals surface area contributed by atoms with E-state index in [1.165, 1.54) is 0 Å². The zero-order valence-corrected chi connectivity index (χ0v) is 5.71. The van der Waals surface area contributed by atoms with Crippen LogP contribution in [0.2, 0.25) is 0 Å². The van der Waals surface area contributed by atoms with Crippen LogP contribution in [0.15, 0.2) is 0 Å². The fraction of sp³-hybridized carbons (Fsp3) is 0.800. The Balaban J connectivity index is 0.000000640. The Morgan fingerprint density at radius 1 is 1.67 bits per heavy atom. The standard InChI is InChI=1S/C5H8FNO.ClH/c6-4-3-7-2-1-5(4)8;/h4,7H,1-3H2;1H/t4-;/m1./s1. The van der Waals surface area contributed by atoms with E-state index in [1.54, 1.807) is 0 Å². The summed E-state index contributed by atoms with van der Waals surface area (Å²) < 4.78 is 12.2. The van der Waals surface area contributed by atoms with Gasteiger partial charge in [-0.25, -0.2) is 4.39 Å². The maximum atomic E-state index is 12.2. The van der Waals surface area contributed by atoms with E-state index in [-0.39, 0.29) is 24.7 Å². The lowest BCUT2D eigenvalue weighted by Gasteiger charge is -2.13. The molecule has 0 saturated carbocycles. The average Bonchev–Trinajstić information content (AvgIpc) is 1.77. The van der Waals surface area contributed by atoms with Crippen molar-refractivity contribution in [3.63, 3.8) is 0 Å². The molecule has 54 valence electrons. The highest BCUT2D eigenvalue weighted by molar-refractivity contribution is 5.85. The number of alkyl halides is 1.